The molecule has 2 N–H and O–H groups in total. The predicted molar refractivity (Wildman–Crippen MR) is 86.3 cm³/mol. The van der Waals surface area contributed by atoms with Crippen LogP contribution < -0.4 is 5.11 Å². The third kappa shape index (κ3) is 10.8. The van der Waals surface area contributed by atoms with E-state index in [0.717, 1.165) is 25.7 Å². The number of aliphatic hydroxyl groups is 2. The number of hydrogen-bond acceptors (Lipinski definition) is 5. The highest BCUT2D eigenvalue weighted by Gasteiger charge is 2.39. The minimum Gasteiger partial charge on any atom is -0.550 e. The zero-order valence-corrected chi connectivity index (χ0v) is 14.3. The molecule has 0 aliphatic rings. The van der Waals surface area contributed by atoms with Gasteiger partial charge in [-0.1, -0.05) is 24.6 Å². The molecule has 0 fully saturated rings. The maximum absolute atomic E-state index is 12.2. The summed E-state index contributed by atoms with van der Waals surface area (Å²) in [5.41, 5.74) is -1.97. The first-order valence-corrected chi connectivity index (χ1v) is 7.82. The van der Waals surface area contributed by atoms with Crippen molar-refractivity contribution in [1.29, 1.82) is 0 Å². The molecule has 0 saturated heterocycles. The van der Waals surface area contributed by atoms with Gasteiger partial charge in [0.2, 0.25) is 0 Å². The summed E-state index contributed by atoms with van der Waals surface area (Å²) in [4.78, 5) is 23.0. The summed E-state index contributed by atoms with van der Waals surface area (Å²) in [6.45, 7) is 0.177. The second-order valence-electron chi connectivity index (χ2n) is 6.75. The molecule has 0 aromatic carbocycles. The van der Waals surface area contributed by atoms with Crippen LogP contribution in [0, 0.1) is 0 Å². The molecule has 0 heterocycles. The Balaban J connectivity index is 4.62. The van der Waals surface area contributed by atoms with E-state index in [1.165, 1.54) is 12.2 Å². The number of rotatable bonds is 12. The molecule has 0 aromatic rings. The van der Waals surface area contributed by atoms with Gasteiger partial charge in [0.05, 0.1) is 21.1 Å². The number of nitrogens with zero attached hydrogens (tertiary/aromatic N) is 1. The molecule has 6 nitrogen and oxygen atoms in total. The molecule has 0 bridgehead atoms. The highest BCUT2D eigenvalue weighted by molar-refractivity contribution is 5.99. The van der Waals surface area contributed by atoms with Crippen LogP contribution in [0.3, 0.4) is 0 Å². The molecule has 0 aliphatic heterocycles. The Hall–Kier alpha value is -1.50. The Morgan fingerprint density at radius 1 is 1.13 bits per heavy atom. The molecule has 1 unspecified atom stereocenters. The van der Waals surface area contributed by atoms with Crippen LogP contribution in [0.1, 0.15) is 32.1 Å². The Labute approximate surface area is 138 Å². The second kappa shape index (κ2) is 10.3. The Kier molecular flexibility index (Phi) is 9.64. The maximum atomic E-state index is 12.2. The van der Waals surface area contributed by atoms with Crippen molar-refractivity contribution in [2.24, 2.45) is 0 Å². The van der Waals surface area contributed by atoms with Crippen LogP contribution in [0.4, 0.5) is 0 Å². The number of aliphatic carboxylic acids is 1. The molecule has 0 amide bonds. The molecule has 0 rings (SSSR count). The molecule has 132 valence electrons. The lowest BCUT2D eigenvalue weighted by molar-refractivity contribution is -0.875. The molecule has 0 radical (unpaired) electrons. The number of quaternary nitrogens is 1. The van der Waals surface area contributed by atoms with Crippen molar-refractivity contribution in [2.45, 2.75) is 37.7 Å². The molecular weight excluding hydrogens is 298 g/mol. The minimum atomic E-state index is -1.97. The molecule has 23 heavy (non-hydrogen) atoms. The molecule has 0 spiro atoms. The number of carbonyl (C=O) groups excluding carboxylic acids is 2. The van der Waals surface area contributed by atoms with Gasteiger partial charge in [0, 0.05) is 19.0 Å². The van der Waals surface area contributed by atoms with Crippen LogP contribution >= 0.6 is 0 Å². The third-order valence-electron chi connectivity index (χ3n) is 3.16. The van der Waals surface area contributed by atoms with Gasteiger partial charge in [-0.2, -0.15) is 0 Å². The number of aliphatic hydroxyl groups excluding tert-OH is 1. The SMILES string of the molecule is C[N+](C)(C)CC(O)(CC(=O)[O-])C(=O)C=CC=CCCCCCO. The van der Waals surface area contributed by atoms with Crippen molar-refractivity contribution in [2.75, 3.05) is 34.3 Å². The zero-order valence-electron chi connectivity index (χ0n) is 14.3. The molecule has 0 aromatic heterocycles. The van der Waals surface area contributed by atoms with E-state index in [0.29, 0.717) is 0 Å². The van der Waals surface area contributed by atoms with Crippen LogP contribution in [0.5, 0.6) is 0 Å². The van der Waals surface area contributed by atoms with Gasteiger partial charge < -0.3 is 24.6 Å². The van der Waals surface area contributed by atoms with E-state index in [1.807, 2.05) is 6.08 Å². The zero-order chi connectivity index (χ0) is 17.9. The molecular formula is C17H29NO5. The van der Waals surface area contributed by atoms with Crippen LogP contribution in [0.25, 0.3) is 0 Å². The summed E-state index contributed by atoms with van der Waals surface area (Å²) >= 11 is 0. The fraction of sp³-hybridized carbons (Fsp3) is 0.647. The number of carbonyl (C=O) groups is 2. The fourth-order valence-electron chi connectivity index (χ4n) is 2.27. The summed E-state index contributed by atoms with van der Waals surface area (Å²) in [6.07, 6.45) is 9.07. The van der Waals surface area contributed by atoms with E-state index in [2.05, 4.69) is 0 Å². The Morgan fingerprint density at radius 2 is 1.78 bits per heavy atom. The van der Waals surface area contributed by atoms with Crippen molar-refractivity contribution in [3.63, 3.8) is 0 Å². The Bertz CT molecular complexity index is 437. The number of hydrogen-bond donors (Lipinski definition) is 2. The molecule has 0 saturated carbocycles. The number of carboxylic acid groups (broad SMARTS) is 1. The first-order chi connectivity index (χ1) is 10.6. The summed E-state index contributed by atoms with van der Waals surface area (Å²) in [7, 11) is 5.30. The summed E-state index contributed by atoms with van der Waals surface area (Å²) in [5, 5.41) is 29.9. The molecule has 6 heteroatoms. The number of ketones is 1. The van der Waals surface area contributed by atoms with Crippen molar-refractivity contribution >= 4 is 11.8 Å². The summed E-state index contributed by atoms with van der Waals surface area (Å²) in [6, 6.07) is 0. The summed E-state index contributed by atoms with van der Waals surface area (Å²) < 4.78 is 0.254. The largest absolute Gasteiger partial charge is 0.550 e. The molecule has 0 aliphatic carbocycles. The molecule has 1 atom stereocenters. The van der Waals surface area contributed by atoms with Gasteiger partial charge in [-0.05, 0) is 25.3 Å². The fourth-order valence-corrected chi connectivity index (χ4v) is 2.27. The van der Waals surface area contributed by atoms with E-state index in [9.17, 15) is 19.8 Å². The van der Waals surface area contributed by atoms with Crippen molar-refractivity contribution < 1.29 is 29.4 Å². The number of unbranched alkanes of at least 4 members (excludes halogenated alkanes) is 3. The quantitative estimate of drug-likeness (QED) is 0.224. The third-order valence-corrected chi connectivity index (χ3v) is 3.16. The van der Waals surface area contributed by atoms with Gasteiger partial charge >= 0.3 is 0 Å². The average Bonchev–Trinajstić information content (AvgIpc) is 2.38. The van der Waals surface area contributed by atoms with E-state index in [4.69, 9.17) is 5.11 Å². The standard InChI is InChI=1S/C17H29NO5/c1-18(2,3)14-17(23,13-16(21)22)15(20)11-9-7-5-4-6-8-10-12-19/h5,7,9,11,19,23H,4,6,8,10,12-14H2,1-3H3. The summed E-state index contributed by atoms with van der Waals surface area (Å²) in [5.74, 6) is -2.10. The van der Waals surface area contributed by atoms with Gasteiger partial charge in [0.25, 0.3) is 0 Å². The monoisotopic (exact) mass is 327 g/mol. The van der Waals surface area contributed by atoms with Crippen LogP contribution in [-0.2, 0) is 9.59 Å². The van der Waals surface area contributed by atoms with E-state index in [-0.39, 0.29) is 17.6 Å². The number of allylic oxidation sites excluding steroid dienone is 3. The lowest BCUT2D eigenvalue weighted by Crippen LogP contribution is -2.55. The number of carboxylic acids is 1. The highest BCUT2D eigenvalue weighted by atomic mass is 16.4. The van der Waals surface area contributed by atoms with Gasteiger partial charge in [-0.25, -0.2) is 0 Å². The predicted octanol–water partition coefficient (Wildman–Crippen LogP) is -0.202. The lowest BCUT2D eigenvalue weighted by atomic mass is 9.92. The maximum Gasteiger partial charge on any atom is 0.193 e. The van der Waals surface area contributed by atoms with Gasteiger partial charge in [0.15, 0.2) is 11.4 Å². The van der Waals surface area contributed by atoms with E-state index >= 15 is 0 Å². The van der Waals surface area contributed by atoms with Gasteiger partial charge in [-0.15, -0.1) is 0 Å². The van der Waals surface area contributed by atoms with Gasteiger partial charge in [-0.3, -0.25) is 4.79 Å². The van der Waals surface area contributed by atoms with Crippen LogP contribution in [0.15, 0.2) is 24.3 Å². The van der Waals surface area contributed by atoms with Crippen molar-refractivity contribution in [3.05, 3.63) is 24.3 Å². The lowest BCUT2D eigenvalue weighted by Gasteiger charge is -2.34. The number of likely N-dealkylation sites (N-methyl/N-ethyl adjacent to an activating group) is 1. The van der Waals surface area contributed by atoms with Crippen LogP contribution in [0.2, 0.25) is 0 Å². The average molecular weight is 327 g/mol. The topological polar surface area (TPSA) is 97.7 Å². The van der Waals surface area contributed by atoms with Crippen LogP contribution in [-0.4, -0.2) is 66.3 Å². The Morgan fingerprint density at radius 3 is 2.30 bits per heavy atom. The first-order valence-electron chi connectivity index (χ1n) is 7.82. The van der Waals surface area contributed by atoms with E-state index in [1.54, 1.807) is 27.2 Å². The minimum absolute atomic E-state index is 0.0188. The highest BCUT2D eigenvalue weighted by Crippen LogP contribution is 2.16. The van der Waals surface area contributed by atoms with Gasteiger partial charge in [0.1, 0.15) is 6.54 Å². The second-order valence-corrected chi connectivity index (χ2v) is 6.75. The van der Waals surface area contributed by atoms with E-state index < -0.39 is 23.8 Å². The van der Waals surface area contributed by atoms with Crippen molar-refractivity contribution in [1.82, 2.24) is 0 Å². The first kappa shape index (κ1) is 21.5. The normalized spacial score (nSPS) is 15.2. The van der Waals surface area contributed by atoms with Crippen molar-refractivity contribution in [3.8, 4) is 0 Å². The smallest absolute Gasteiger partial charge is 0.193 e.